The van der Waals surface area contributed by atoms with Crippen molar-refractivity contribution in [1.82, 2.24) is 0 Å². The normalized spacial score (nSPS) is 8.77. The summed E-state index contributed by atoms with van der Waals surface area (Å²) < 4.78 is 0. The molecule has 4 aromatic carbocycles. The van der Waals surface area contributed by atoms with E-state index in [9.17, 15) is 0 Å². The van der Waals surface area contributed by atoms with Gasteiger partial charge < -0.3 is 0 Å². The minimum absolute atomic E-state index is 1.31. The summed E-state index contributed by atoms with van der Waals surface area (Å²) in [6.07, 6.45) is 0. The van der Waals surface area contributed by atoms with Gasteiger partial charge in [0.25, 0.3) is 0 Å². The van der Waals surface area contributed by atoms with Gasteiger partial charge in [0.2, 0.25) is 0 Å². The highest BCUT2D eigenvalue weighted by molar-refractivity contribution is 6.11. The molecule has 4 rings (SSSR count). The van der Waals surface area contributed by atoms with Crippen LogP contribution in [0, 0.1) is 0 Å². The van der Waals surface area contributed by atoms with E-state index in [2.05, 4.69) is 72.8 Å². The first-order valence-electron chi connectivity index (χ1n) is 10.2. The van der Waals surface area contributed by atoms with Gasteiger partial charge in [0.1, 0.15) is 0 Å². The molecule has 0 spiro atoms. The second-order valence-corrected chi connectivity index (χ2v) is 4.71. The lowest BCUT2D eigenvalue weighted by molar-refractivity contribution is 1.50. The topological polar surface area (TPSA) is 0 Å². The summed E-state index contributed by atoms with van der Waals surface area (Å²) in [5.74, 6) is 0. The van der Waals surface area contributed by atoms with E-state index < -0.39 is 0 Å². The van der Waals surface area contributed by atoms with Crippen LogP contribution < -0.4 is 0 Å². The molecule has 0 heterocycles. The summed E-state index contributed by atoms with van der Waals surface area (Å²) in [7, 11) is 0. The molecule has 0 N–H and O–H groups in total. The Morgan fingerprint density at radius 1 is 0.346 bits per heavy atom. The zero-order valence-corrected chi connectivity index (χ0v) is 17.9. The van der Waals surface area contributed by atoms with Crippen molar-refractivity contribution < 1.29 is 0 Å². The van der Waals surface area contributed by atoms with E-state index in [1.807, 2.05) is 55.4 Å². The zero-order chi connectivity index (χ0) is 19.9. The molecule has 0 aliphatic carbocycles. The van der Waals surface area contributed by atoms with Gasteiger partial charge in [0.05, 0.1) is 0 Å². The molecular formula is C26H36. The van der Waals surface area contributed by atoms with Gasteiger partial charge in [-0.2, -0.15) is 0 Å². The van der Waals surface area contributed by atoms with Crippen molar-refractivity contribution in [2.24, 2.45) is 0 Å². The van der Waals surface area contributed by atoms with E-state index in [1.165, 1.54) is 32.3 Å². The van der Waals surface area contributed by atoms with Gasteiger partial charge >= 0.3 is 0 Å². The zero-order valence-electron chi connectivity index (χ0n) is 17.9. The maximum Gasteiger partial charge on any atom is -0.00990 e. The van der Waals surface area contributed by atoms with Gasteiger partial charge in [-0.15, -0.1) is 0 Å². The fourth-order valence-electron chi connectivity index (χ4n) is 2.70. The van der Waals surface area contributed by atoms with Crippen LogP contribution in [-0.2, 0) is 0 Å². The summed E-state index contributed by atoms with van der Waals surface area (Å²) in [6.45, 7) is 16.0. The van der Waals surface area contributed by atoms with Gasteiger partial charge in [-0.05, 0) is 44.5 Å². The third-order valence-electron chi connectivity index (χ3n) is 3.61. The van der Waals surface area contributed by atoms with Crippen molar-refractivity contribution in [3.05, 3.63) is 72.8 Å². The third-order valence-corrected chi connectivity index (χ3v) is 3.61. The number of hydrogen-bond donors (Lipinski definition) is 0. The van der Waals surface area contributed by atoms with Crippen molar-refractivity contribution >= 4 is 32.3 Å². The van der Waals surface area contributed by atoms with Gasteiger partial charge in [0.15, 0.2) is 0 Å². The largest absolute Gasteiger partial charge is 0.0683 e. The highest BCUT2D eigenvalue weighted by Gasteiger charge is 2.01. The summed E-state index contributed by atoms with van der Waals surface area (Å²) in [5.41, 5.74) is 0. The predicted molar refractivity (Wildman–Crippen MR) is 124 cm³/mol. The van der Waals surface area contributed by atoms with Crippen LogP contribution in [0.5, 0.6) is 0 Å². The van der Waals surface area contributed by atoms with Crippen LogP contribution in [0.25, 0.3) is 32.3 Å². The molecule has 0 nitrogen and oxygen atoms in total. The second kappa shape index (κ2) is 13.9. The first kappa shape index (κ1) is 23.7. The van der Waals surface area contributed by atoms with Crippen molar-refractivity contribution in [2.45, 2.75) is 55.4 Å². The maximum atomic E-state index is 2.30. The van der Waals surface area contributed by atoms with E-state index in [0.29, 0.717) is 0 Å². The molecule has 140 valence electrons. The highest BCUT2D eigenvalue weighted by atomic mass is 14.1. The molecule has 0 aliphatic heterocycles. The van der Waals surface area contributed by atoms with Crippen LogP contribution in [0.15, 0.2) is 72.8 Å². The molecule has 0 saturated carbocycles. The number of fused-ring (bicyclic) bond motifs is 4. The highest BCUT2D eigenvalue weighted by Crippen LogP contribution is 2.29. The Kier molecular flexibility index (Phi) is 12.6. The first-order valence-corrected chi connectivity index (χ1v) is 10.2. The standard InChI is InChI=1S/C18H12.4C2H6/c1-2-7-15-12-18-16(11-14(15)6-1)10-9-13-5-3-4-8-17(13)18;4*1-2/h1-12H;4*1-2H3. The smallest absolute Gasteiger partial charge is 0.00990 e. The van der Waals surface area contributed by atoms with Gasteiger partial charge in [0, 0.05) is 0 Å². The monoisotopic (exact) mass is 348 g/mol. The first-order chi connectivity index (χ1) is 12.9. The molecule has 0 saturated heterocycles. The van der Waals surface area contributed by atoms with Crippen LogP contribution in [0.2, 0.25) is 0 Å². The van der Waals surface area contributed by atoms with E-state index in [0.717, 1.165) is 0 Å². The van der Waals surface area contributed by atoms with Crippen LogP contribution in [-0.4, -0.2) is 0 Å². The van der Waals surface area contributed by atoms with Crippen molar-refractivity contribution in [2.75, 3.05) is 0 Å². The number of rotatable bonds is 0. The lowest BCUT2D eigenvalue weighted by atomic mass is 9.98. The molecule has 0 radical (unpaired) electrons. The van der Waals surface area contributed by atoms with E-state index in [4.69, 9.17) is 0 Å². The van der Waals surface area contributed by atoms with Gasteiger partial charge in [-0.3, -0.25) is 0 Å². The number of benzene rings is 4. The minimum Gasteiger partial charge on any atom is -0.0683 e. The van der Waals surface area contributed by atoms with Crippen molar-refractivity contribution in [3.63, 3.8) is 0 Å². The molecule has 0 atom stereocenters. The molecule has 0 aliphatic rings. The summed E-state index contributed by atoms with van der Waals surface area (Å²) >= 11 is 0. The Morgan fingerprint density at radius 2 is 0.769 bits per heavy atom. The summed E-state index contributed by atoms with van der Waals surface area (Å²) in [4.78, 5) is 0. The summed E-state index contributed by atoms with van der Waals surface area (Å²) in [5, 5.41) is 7.90. The molecule has 0 unspecified atom stereocenters. The van der Waals surface area contributed by atoms with Crippen LogP contribution in [0.4, 0.5) is 0 Å². The fourth-order valence-corrected chi connectivity index (χ4v) is 2.70. The molecule has 0 heteroatoms. The lowest BCUT2D eigenvalue weighted by Crippen LogP contribution is -1.79. The Bertz CT molecular complexity index is 866. The van der Waals surface area contributed by atoms with Gasteiger partial charge in [-0.25, -0.2) is 0 Å². The Balaban J connectivity index is 0.000000698. The van der Waals surface area contributed by atoms with Crippen molar-refractivity contribution in [3.8, 4) is 0 Å². The van der Waals surface area contributed by atoms with Crippen LogP contribution >= 0.6 is 0 Å². The minimum atomic E-state index is 1.31. The van der Waals surface area contributed by atoms with E-state index in [-0.39, 0.29) is 0 Å². The molecule has 26 heavy (non-hydrogen) atoms. The van der Waals surface area contributed by atoms with Crippen LogP contribution in [0.3, 0.4) is 0 Å². The molecule has 0 fully saturated rings. The quantitative estimate of drug-likeness (QED) is 0.219. The molecule has 4 aromatic rings. The third kappa shape index (κ3) is 5.59. The van der Waals surface area contributed by atoms with Gasteiger partial charge in [-0.1, -0.05) is 116 Å². The predicted octanol–water partition coefficient (Wildman–Crippen LogP) is 9.25. The van der Waals surface area contributed by atoms with Crippen molar-refractivity contribution in [1.29, 1.82) is 0 Å². The number of hydrogen-bond acceptors (Lipinski definition) is 0. The Labute approximate surface area is 160 Å². The molecule has 0 aromatic heterocycles. The SMILES string of the molecule is CC.CC.CC.CC.c1ccc2cc3c(ccc4ccccc43)cc2c1. The molecular weight excluding hydrogens is 312 g/mol. The van der Waals surface area contributed by atoms with E-state index in [1.54, 1.807) is 0 Å². The maximum absolute atomic E-state index is 2.30. The van der Waals surface area contributed by atoms with E-state index >= 15 is 0 Å². The molecule has 0 amide bonds. The molecule has 0 bridgehead atoms. The van der Waals surface area contributed by atoms with Crippen LogP contribution in [0.1, 0.15) is 55.4 Å². The second-order valence-electron chi connectivity index (χ2n) is 4.71. The lowest BCUT2D eigenvalue weighted by Gasteiger charge is -2.06. The Morgan fingerprint density at radius 3 is 1.35 bits per heavy atom. The summed E-state index contributed by atoms with van der Waals surface area (Å²) in [6, 6.07) is 26.1. The average molecular weight is 349 g/mol. The fraction of sp³-hybridized carbons (Fsp3) is 0.308. The Hall–Kier alpha value is -2.34. The average Bonchev–Trinajstić information content (AvgIpc) is 2.78.